The molecule has 0 spiro atoms. The van der Waals surface area contributed by atoms with E-state index in [1.54, 1.807) is 4.90 Å². The van der Waals surface area contributed by atoms with Crippen LogP contribution < -0.4 is 4.74 Å². The van der Waals surface area contributed by atoms with Crippen molar-refractivity contribution in [2.75, 3.05) is 26.2 Å². The first kappa shape index (κ1) is 26.2. The third-order valence-electron chi connectivity index (χ3n) is 7.10. The van der Waals surface area contributed by atoms with E-state index in [-0.39, 0.29) is 12.5 Å². The summed E-state index contributed by atoms with van der Waals surface area (Å²) in [6.07, 6.45) is 0.792. The summed E-state index contributed by atoms with van der Waals surface area (Å²) in [5.74, 6) is 0.865. The number of benzene rings is 3. The third kappa shape index (κ3) is 6.55. The van der Waals surface area contributed by atoms with Gasteiger partial charge in [-0.25, -0.2) is 9.78 Å². The molecule has 0 aliphatic carbocycles. The summed E-state index contributed by atoms with van der Waals surface area (Å²) in [5.41, 5.74) is 4.54. The van der Waals surface area contributed by atoms with Crippen molar-refractivity contribution >= 4 is 22.9 Å². The second-order valence-corrected chi connectivity index (χ2v) is 9.71. The maximum atomic E-state index is 12.9. The number of piperazine rings is 1. The summed E-state index contributed by atoms with van der Waals surface area (Å²) in [4.78, 5) is 33.8. The number of nitrogens with zero attached hydrogens (tertiary/aromatic N) is 3. The number of aromatic nitrogens is 1. The van der Waals surface area contributed by atoms with Gasteiger partial charge in [0.15, 0.2) is 0 Å². The predicted molar refractivity (Wildman–Crippen MR) is 150 cm³/mol. The molecule has 0 unspecified atom stereocenters. The lowest BCUT2D eigenvalue weighted by Gasteiger charge is -2.34. The fourth-order valence-corrected chi connectivity index (χ4v) is 4.80. The minimum Gasteiger partial charge on any atom is -0.488 e. The van der Waals surface area contributed by atoms with Crippen LogP contribution in [0.5, 0.6) is 5.75 Å². The second-order valence-electron chi connectivity index (χ2n) is 9.71. The zero-order valence-electron chi connectivity index (χ0n) is 22.2. The number of carbonyl (C=O) groups is 2. The zero-order chi connectivity index (χ0) is 27.0. The molecule has 7 heteroatoms. The molecule has 1 fully saturated rings. The second kappa shape index (κ2) is 12.4. The summed E-state index contributed by atoms with van der Waals surface area (Å²) in [5, 5.41) is 0.925. The van der Waals surface area contributed by atoms with Crippen molar-refractivity contribution in [2.45, 2.75) is 33.0 Å². The lowest BCUT2D eigenvalue weighted by atomic mass is 10.1. The Kier molecular flexibility index (Phi) is 8.36. The predicted octanol–water partition coefficient (Wildman–Crippen LogP) is 5.54. The molecule has 1 aromatic heterocycles. The van der Waals surface area contributed by atoms with Crippen LogP contribution >= 0.6 is 0 Å². The van der Waals surface area contributed by atoms with E-state index in [1.165, 1.54) is 0 Å². The number of rotatable bonds is 8. The number of fused-ring (bicyclic) bond motifs is 1. The summed E-state index contributed by atoms with van der Waals surface area (Å²) < 4.78 is 11.9. The molecule has 3 aromatic carbocycles. The molecular formula is C32H33N3O4. The first-order valence-corrected chi connectivity index (χ1v) is 13.4. The van der Waals surface area contributed by atoms with Gasteiger partial charge in [0.25, 0.3) is 0 Å². The number of hydrogen-bond acceptors (Lipinski definition) is 5. The van der Waals surface area contributed by atoms with Crippen molar-refractivity contribution < 1.29 is 19.1 Å². The summed E-state index contributed by atoms with van der Waals surface area (Å²) in [7, 11) is 0. The van der Waals surface area contributed by atoms with Crippen molar-refractivity contribution in [3.05, 3.63) is 107 Å². The van der Waals surface area contributed by atoms with Crippen molar-refractivity contribution in [2.24, 2.45) is 0 Å². The topological polar surface area (TPSA) is 72.0 Å². The van der Waals surface area contributed by atoms with Crippen LogP contribution in [-0.2, 0) is 29.2 Å². The molecule has 0 N–H and O–H groups in total. The molecule has 2 heterocycles. The number of ether oxygens (including phenoxy) is 2. The fourth-order valence-electron chi connectivity index (χ4n) is 4.80. The van der Waals surface area contributed by atoms with Crippen LogP contribution in [0.2, 0.25) is 0 Å². The van der Waals surface area contributed by atoms with Gasteiger partial charge >= 0.3 is 6.09 Å². The van der Waals surface area contributed by atoms with Gasteiger partial charge in [-0.1, -0.05) is 72.8 Å². The number of pyridine rings is 1. The molecule has 0 atom stereocenters. The molecule has 0 bridgehead atoms. The molecule has 2 amide bonds. The SMILES string of the molecule is Cc1c(COC(=O)N2CCN(C(=O)CCc3ccccc3)CC2)nc2ccccc2c1OCc1ccccc1. The molecule has 5 rings (SSSR count). The van der Waals surface area contributed by atoms with Crippen molar-refractivity contribution in [3.8, 4) is 5.75 Å². The molecular weight excluding hydrogens is 490 g/mol. The average molecular weight is 524 g/mol. The highest BCUT2D eigenvalue weighted by Crippen LogP contribution is 2.31. The van der Waals surface area contributed by atoms with Gasteiger partial charge in [0.2, 0.25) is 5.91 Å². The molecule has 4 aromatic rings. The van der Waals surface area contributed by atoms with Gasteiger partial charge in [-0.15, -0.1) is 0 Å². The van der Waals surface area contributed by atoms with Gasteiger partial charge in [0.05, 0.1) is 11.2 Å². The molecule has 39 heavy (non-hydrogen) atoms. The first-order chi connectivity index (χ1) is 19.1. The van der Waals surface area contributed by atoms with Gasteiger partial charge in [0, 0.05) is 43.5 Å². The Morgan fingerprint density at radius 1 is 0.769 bits per heavy atom. The lowest BCUT2D eigenvalue weighted by Crippen LogP contribution is -2.50. The number of amides is 2. The van der Waals surface area contributed by atoms with Gasteiger partial charge in [-0.05, 0) is 36.6 Å². The molecule has 1 saturated heterocycles. The molecule has 1 aliphatic heterocycles. The molecule has 7 nitrogen and oxygen atoms in total. The molecule has 0 saturated carbocycles. The minimum atomic E-state index is -0.396. The van der Waals surface area contributed by atoms with Crippen LogP contribution in [0.25, 0.3) is 10.9 Å². The quantitative estimate of drug-likeness (QED) is 0.303. The van der Waals surface area contributed by atoms with E-state index in [9.17, 15) is 9.59 Å². The van der Waals surface area contributed by atoms with Crippen LogP contribution in [0.4, 0.5) is 4.79 Å². The van der Waals surface area contributed by atoms with Gasteiger partial charge < -0.3 is 19.3 Å². The van der Waals surface area contributed by atoms with Crippen LogP contribution in [0.1, 0.15) is 28.8 Å². The monoisotopic (exact) mass is 523 g/mol. The molecule has 0 radical (unpaired) electrons. The summed E-state index contributed by atoms with van der Waals surface area (Å²) in [6, 6.07) is 27.8. The first-order valence-electron chi connectivity index (χ1n) is 13.4. The highest BCUT2D eigenvalue weighted by molar-refractivity contribution is 5.86. The van der Waals surface area contributed by atoms with Crippen molar-refractivity contribution in [3.63, 3.8) is 0 Å². The van der Waals surface area contributed by atoms with Crippen LogP contribution in [0.3, 0.4) is 0 Å². The third-order valence-corrected chi connectivity index (χ3v) is 7.10. The van der Waals surface area contributed by atoms with E-state index in [4.69, 9.17) is 14.5 Å². The van der Waals surface area contributed by atoms with Gasteiger partial charge in [-0.2, -0.15) is 0 Å². The van der Waals surface area contributed by atoms with E-state index in [0.717, 1.165) is 39.8 Å². The standard InChI is InChI=1S/C32H33N3O4/c1-24-29(33-28-15-9-8-14-27(28)31(24)38-22-26-12-6-3-7-13-26)23-39-32(37)35-20-18-34(19-21-35)30(36)17-16-25-10-4-2-5-11-25/h2-15H,16-23H2,1H3. The van der Waals surface area contributed by atoms with E-state index >= 15 is 0 Å². The van der Waals surface area contributed by atoms with E-state index in [0.29, 0.717) is 44.9 Å². The smallest absolute Gasteiger partial charge is 0.410 e. The Morgan fingerprint density at radius 3 is 2.10 bits per heavy atom. The Labute approximate surface area is 229 Å². The zero-order valence-corrected chi connectivity index (χ0v) is 22.2. The maximum Gasteiger partial charge on any atom is 0.410 e. The van der Waals surface area contributed by atoms with Crippen molar-refractivity contribution in [1.82, 2.24) is 14.8 Å². The van der Waals surface area contributed by atoms with Gasteiger partial charge in [0.1, 0.15) is 19.0 Å². The Morgan fingerprint density at radius 2 is 1.38 bits per heavy atom. The number of hydrogen-bond donors (Lipinski definition) is 0. The lowest BCUT2D eigenvalue weighted by molar-refractivity contribution is -0.132. The van der Waals surface area contributed by atoms with E-state index in [2.05, 4.69) is 0 Å². The number of carbonyl (C=O) groups excluding carboxylic acids is 2. The normalized spacial score (nSPS) is 13.4. The maximum absolute atomic E-state index is 12.9. The van der Waals surface area contributed by atoms with Gasteiger partial charge in [-0.3, -0.25) is 4.79 Å². The Balaban J connectivity index is 1.17. The largest absolute Gasteiger partial charge is 0.488 e. The van der Waals surface area contributed by atoms with Crippen LogP contribution in [0, 0.1) is 6.92 Å². The molecule has 1 aliphatic rings. The van der Waals surface area contributed by atoms with E-state index in [1.807, 2.05) is 96.8 Å². The average Bonchev–Trinajstić information content (AvgIpc) is 2.99. The number of aryl methyl sites for hydroxylation is 1. The Bertz CT molecular complexity index is 1420. The van der Waals surface area contributed by atoms with Crippen LogP contribution in [0.15, 0.2) is 84.9 Å². The minimum absolute atomic E-state index is 0.0490. The fraction of sp³-hybridized carbons (Fsp3) is 0.281. The summed E-state index contributed by atoms with van der Waals surface area (Å²) >= 11 is 0. The van der Waals surface area contributed by atoms with E-state index < -0.39 is 6.09 Å². The highest BCUT2D eigenvalue weighted by Gasteiger charge is 2.25. The molecule has 200 valence electrons. The van der Waals surface area contributed by atoms with Crippen LogP contribution in [-0.4, -0.2) is 53.0 Å². The number of para-hydroxylation sites is 1. The highest BCUT2D eigenvalue weighted by atomic mass is 16.6. The summed E-state index contributed by atoms with van der Waals surface area (Å²) in [6.45, 7) is 4.34. The van der Waals surface area contributed by atoms with Crippen molar-refractivity contribution in [1.29, 1.82) is 0 Å². The Hall–Kier alpha value is -4.39.